The van der Waals surface area contributed by atoms with Crippen LogP contribution >= 0.6 is 0 Å². The number of aryl methyl sites for hydroxylation is 2. The van der Waals surface area contributed by atoms with Crippen molar-refractivity contribution in [3.05, 3.63) is 89.0 Å². The standard InChI is InChI=1S/C27H25F3O4/c1-17-14-21(11-13-24(17)34-26(2,3)25(32)33)23(31)12-10-18-6-4-7-19(15-18)20-8-5-9-22(16-20)27(28,29)30/h4-9,11,13-16H,10,12H2,1-3H3,(H,32,33). The third-order valence-electron chi connectivity index (χ3n) is 5.47. The molecule has 0 fully saturated rings. The van der Waals surface area contributed by atoms with Crippen LogP contribution in [0.3, 0.4) is 0 Å². The fourth-order valence-corrected chi connectivity index (χ4v) is 3.44. The monoisotopic (exact) mass is 470 g/mol. The lowest BCUT2D eigenvalue weighted by Crippen LogP contribution is -2.38. The molecule has 7 heteroatoms. The first-order valence-electron chi connectivity index (χ1n) is 10.7. The van der Waals surface area contributed by atoms with Gasteiger partial charge in [-0.3, -0.25) is 4.79 Å². The number of benzene rings is 3. The van der Waals surface area contributed by atoms with E-state index >= 15 is 0 Å². The van der Waals surface area contributed by atoms with Gasteiger partial charge in [0, 0.05) is 12.0 Å². The van der Waals surface area contributed by atoms with Gasteiger partial charge in [0.2, 0.25) is 0 Å². The number of aliphatic carboxylic acids is 1. The summed E-state index contributed by atoms with van der Waals surface area (Å²) in [5.41, 5.74) is 0.955. The van der Waals surface area contributed by atoms with Crippen molar-refractivity contribution in [3.8, 4) is 16.9 Å². The lowest BCUT2D eigenvalue weighted by molar-refractivity contribution is -0.152. The molecule has 0 atom stereocenters. The Kier molecular flexibility index (Phi) is 7.15. The molecule has 0 aliphatic carbocycles. The van der Waals surface area contributed by atoms with E-state index in [-0.39, 0.29) is 12.2 Å². The molecule has 3 aromatic rings. The van der Waals surface area contributed by atoms with Gasteiger partial charge in [-0.1, -0.05) is 36.4 Å². The summed E-state index contributed by atoms with van der Waals surface area (Å²) >= 11 is 0. The Balaban J connectivity index is 1.70. The van der Waals surface area contributed by atoms with Gasteiger partial charge in [0.15, 0.2) is 11.4 Å². The van der Waals surface area contributed by atoms with E-state index in [9.17, 15) is 27.9 Å². The summed E-state index contributed by atoms with van der Waals surface area (Å²) in [5, 5.41) is 9.23. The number of ether oxygens (including phenoxy) is 1. The van der Waals surface area contributed by atoms with Crippen molar-refractivity contribution in [1.29, 1.82) is 0 Å². The number of carboxylic acid groups (broad SMARTS) is 1. The number of halogens is 3. The molecule has 0 radical (unpaired) electrons. The van der Waals surface area contributed by atoms with Gasteiger partial charge in [-0.25, -0.2) is 4.79 Å². The molecule has 0 spiro atoms. The normalized spacial score (nSPS) is 11.8. The molecule has 178 valence electrons. The first-order valence-corrected chi connectivity index (χ1v) is 10.7. The molecule has 0 aromatic heterocycles. The third-order valence-corrected chi connectivity index (χ3v) is 5.47. The fraction of sp³-hybridized carbons (Fsp3) is 0.259. The van der Waals surface area contributed by atoms with Gasteiger partial charge in [-0.05, 0) is 79.8 Å². The van der Waals surface area contributed by atoms with Crippen LogP contribution in [0.2, 0.25) is 0 Å². The fourth-order valence-electron chi connectivity index (χ4n) is 3.44. The molecule has 0 aliphatic heterocycles. The highest BCUT2D eigenvalue weighted by Crippen LogP contribution is 2.32. The molecule has 0 bridgehead atoms. The van der Waals surface area contributed by atoms with Crippen molar-refractivity contribution in [3.63, 3.8) is 0 Å². The van der Waals surface area contributed by atoms with Gasteiger partial charge in [-0.15, -0.1) is 0 Å². The average molecular weight is 470 g/mol. The number of carboxylic acids is 1. The lowest BCUT2D eigenvalue weighted by atomic mass is 9.97. The smallest absolute Gasteiger partial charge is 0.416 e. The topological polar surface area (TPSA) is 63.6 Å². The summed E-state index contributed by atoms with van der Waals surface area (Å²) in [6.45, 7) is 4.63. The maximum Gasteiger partial charge on any atom is 0.416 e. The molecular formula is C27H25F3O4. The van der Waals surface area contributed by atoms with Crippen molar-refractivity contribution >= 4 is 11.8 Å². The molecule has 0 unspecified atom stereocenters. The zero-order valence-corrected chi connectivity index (χ0v) is 19.1. The largest absolute Gasteiger partial charge is 0.478 e. The second kappa shape index (κ2) is 9.71. The first kappa shape index (κ1) is 25.0. The Morgan fingerprint density at radius 1 is 0.912 bits per heavy atom. The lowest BCUT2D eigenvalue weighted by Gasteiger charge is -2.23. The van der Waals surface area contributed by atoms with E-state index in [4.69, 9.17) is 4.74 Å². The minimum absolute atomic E-state index is 0.100. The van der Waals surface area contributed by atoms with E-state index in [1.807, 2.05) is 6.07 Å². The number of hydrogen-bond acceptors (Lipinski definition) is 3. The van der Waals surface area contributed by atoms with Crippen molar-refractivity contribution in [1.82, 2.24) is 0 Å². The van der Waals surface area contributed by atoms with E-state index in [0.29, 0.717) is 34.4 Å². The minimum Gasteiger partial charge on any atom is -0.478 e. The molecule has 0 saturated heterocycles. The number of Topliss-reactive ketones (excluding diaryl/α,β-unsaturated/α-hetero) is 1. The van der Waals surface area contributed by atoms with Crippen molar-refractivity contribution in [2.24, 2.45) is 0 Å². The summed E-state index contributed by atoms with van der Waals surface area (Å²) < 4.78 is 44.7. The van der Waals surface area contributed by atoms with Gasteiger partial charge < -0.3 is 9.84 Å². The molecule has 0 heterocycles. The quantitative estimate of drug-likeness (QED) is 0.371. The predicted octanol–water partition coefficient (Wildman–Crippen LogP) is 6.74. The van der Waals surface area contributed by atoms with E-state index in [2.05, 4.69) is 0 Å². The van der Waals surface area contributed by atoms with E-state index in [0.717, 1.165) is 17.7 Å². The Morgan fingerprint density at radius 2 is 1.56 bits per heavy atom. The summed E-state index contributed by atoms with van der Waals surface area (Å²) in [6.07, 6.45) is -3.77. The van der Waals surface area contributed by atoms with Gasteiger partial charge in [0.05, 0.1) is 5.56 Å². The maximum absolute atomic E-state index is 13.0. The number of carbonyl (C=O) groups excluding carboxylic acids is 1. The summed E-state index contributed by atoms with van der Waals surface area (Å²) in [5.74, 6) is -0.811. The van der Waals surface area contributed by atoms with Gasteiger partial charge in [0.1, 0.15) is 5.75 Å². The number of rotatable bonds is 8. The minimum atomic E-state index is -4.41. The third kappa shape index (κ3) is 6.04. The molecule has 3 rings (SSSR count). The highest BCUT2D eigenvalue weighted by Gasteiger charge is 2.31. The Labute approximate surface area is 196 Å². The zero-order valence-electron chi connectivity index (χ0n) is 19.1. The van der Waals surface area contributed by atoms with Crippen LogP contribution in [0.5, 0.6) is 5.75 Å². The SMILES string of the molecule is Cc1cc(C(=O)CCc2cccc(-c3cccc(C(F)(F)F)c3)c2)ccc1OC(C)(C)C(=O)O. The second-order valence-corrected chi connectivity index (χ2v) is 8.60. The van der Waals surface area contributed by atoms with Crippen molar-refractivity contribution < 1.29 is 32.6 Å². The molecule has 1 N–H and O–H groups in total. The zero-order chi connectivity index (χ0) is 25.1. The van der Waals surface area contributed by atoms with Gasteiger partial charge in [-0.2, -0.15) is 13.2 Å². The Hall–Kier alpha value is -3.61. The van der Waals surface area contributed by atoms with Crippen LogP contribution in [0.1, 0.15) is 47.3 Å². The summed E-state index contributed by atoms with van der Waals surface area (Å²) in [6, 6.07) is 17.1. The first-order chi connectivity index (χ1) is 15.9. The van der Waals surface area contributed by atoms with E-state index < -0.39 is 23.3 Å². The molecule has 3 aromatic carbocycles. The van der Waals surface area contributed by atoms with Crippen LogP contribution in [0.25, 0.3) is 11.1 Å². The van der Waals surface area contributed by atoms with Crippen molar-refractivity contribution in [2.45, 2.75) is 45.4 Å². The second-order valence-electron chi connectivity index (χ2n) is 8.60. The van der Waals surface area contributed by atoms with Crippen LogP contribution in [0, 0.1) is 6.92 Å². The molecular weight excluding hydrogens is 445 g/mol. The summed E-state index contributed by atoms with van der Waals surface area (Å²) in [7, 11) is 0. The summed E-state index contributed by atoms with van der Waals surface area (Å²) in [4.78, 5) is 24.0. The van der Waals surface area contributed by atoms with Crippen LogP contribution in [-0.2, 0) is 17.4 Å². The van der Waals surface area contributed by atoms with Crippen molar-refractivity contribution in [2.75, 3.05) is 0 Å². The Bertz CT molecular complexity index is 1210. The van der Waals surface area contributed by atoms with Crippen LogP contribution < -0.4 is 4.74 Å². The highest BCUT2D eigenvalue weighted by atomic mass is 19.4. The maximum atomic E-state index is 13.0. The van der Waals surface area contributed by atoms with Gasteiger partial charge >= 0.3 is 12.1 Å². The van der Waals surface area contributed by atoms with Gasteiger partial charge in [0.25, 0.3) is 0 Å². The number of alkyl halides is 3. The Morgan fingerprint density at radius 3 is 2.18 bits per heavy atom. The molecule has 0 aliphatic rings. The van der Waals surface area contributed by atoms with Crippen LogP contribution in [0.4, 0.5) is 13.2 Å². The number of carbonyl (C=O) groups is 2. The van der Waals surface area contributed by atoms with Crippen LogP contribution in [0.15, 0.2) is 66.7 Å². The number of hydrogen-bond donors (Lipinski definition) is 1. The van der Waals surface area contributed by atoms with E-state index in [1.165, 1.54) is 19.9 Å². The molecule has 34 heavy (non-hydrogen) atoms. The molecule has 0 saturated carbocycles. The molecule has 0 amide bonds. The molecule has 4 nitrogen and oxygen atoms in total. The average Bonchev–Trinajstić information content (AvgIpc) is 2.78. The highest BCUT2D eigenvalue weighted by molar-refractivity contribution is 5.96. The van der Waals surface area contributed by atoms with E-state index in [1.54, 1.807) is 49.4 Å². The van der Waals surface area contributed by atoms with Crippen LogP contribution in [-0.4, -0.2) is 22.5 Å². The predicted molar refractivity (Wildman–Crippen MR) is 123 cm³/mol. The number of ketones is 1.